The summed E-state index contributed by atoms with van der Waals surface area (Å²) in [5.74, 6) is -0.611. The highest BCUT2D eigenvalue weighted by Crippen LogP contribution is 2.29. The molecule has 1 amide bonds. The molecule has 1 atom stereocenters. The molecule has 12 heteroatoms. The number of carbonyl (C=O) groups excluding carboxylic acids is 1. The van der Waals surface area contributed by atoms with Crippen molar-refractivity contribution < 1.29 is 17.6 Å². The van der Waals surface area contributed by atoms with Crippen LogP contribution < -0.4 is 15.8 Å². The van der Waals surface area contributed by atoms with Gasteiger partial charge in [-0.3, -0.25) is 4.79 Å². The molecule has 0 aliphatic heterocycles. The average molecular weight is 468 g/mol. The van der Waals surface area contributed by atoms with Crippen LogP contribution in [-0.2, 0) is 21.4 Å². The fraction of sp³-hybridized carbons (Fsp3) is 0.167. The smallest absolute Gasteiger partial charge is 0.238 e. The number of rotatable bonds is 8. The molecule has 158 valence electrons. The fourth-order valence-corrected chi connectivity index (χ4v) is 4.76. The van der Waals surface area contributed by atoms with E-state index in [9.17, 15) is 17.6 Å². The summed E-state index contributed by atoms with van der Waals surface area (Å²) in [5.41, 5.74) is 1.23. The third-order valence-corrected chi connectivity index (χ3v) is 6.82. The Morgan fingerprint density at radius 2 is 1.97 bits per heavy atom. The van der Waals surface area contributed by atoms with Gasteiger partial charge in [0.2, 0.25) is 21.1 Å². The van der Waals surface area contributed by atoms with Crippen LogP contribution in [0.3, 0.4) is 0 Å². The Balaban J connectivity index is 1.55. The maximum atomic E-state index is 12.9. The van der Waals surface area contributed by atoms with E-state index in [1.54, 1.807) is 25.1 Å². The van der Waals surface area contributed by atoms with Crippen LogP contribution in [0.25, 0.3) is 0 Å². The quantitative estimate of drug-likeness (QED) is 0.435. The number of nitrogens with zero attached hydrogens (tertiary/aromatic N) is 2. The Bertz CT molecular complexity index is 1140. The molecular formula is C18H18FN5O3S3. The highest BCUT2D eigenvalue weighted by Gasteiger charge is 2.18. The number of carbonyl (C=O) groups is 1. The van der Waals surface area contributed by atoms with E-state index >= 15 is 0 Å². The molecule has 0 spiro atoms. The summed E-state index contributed by atoms with van der Waals surface area (Å²) in [6.07, 6.45) is 0. The van der Waals surface area contributed by atoms with E-state index in [1.807, 2.05) is 0 Å². The van der Waals surface area contributed by atoms with Gasteiger partial charge < -0.3 is 10.6 Å². The second-order valence-electron chi connectivity index (χ2n) is 6.18. The van der Waals surface area contributed by atoms with Crippen molar-refractivity contribution >= 4 is 49.8 Å². The van der Waals surface area contributed by atoms with Gasteiger partial charge in [0.05, 0.1) is 10.1 Å². The highest BCUT2D eigenvalue weighted by atomic mass is 32.2. The fourth-order valence-electron chi connectivity index (χ4n) is 2.31. The van der Waals surface area contributed by atoms with Crippen LogP contribution in [0.5, 0.6) is 0 Å². The van der Waals surface area contributed by atoms with E-state index in [1.165, 1.54) is 53.4 Å². The van der Waals surface area contributed by atoms with Gasteiger partial charge in [0.15, 0.2) is 4.34 Å². The maximum Gasteiger partial charge on any atom is 0.238 e. The van der Waals surface area contributed by atoms with Gasteiger partial charge in [-0.15, -0.1) is 10.2 Å². The van der Waals surface area contributed by atoms with Gasteiger partial charge >= 0.3 is 0 Å². The molecule has 1 unspecified atom stereocenters. The summed E-state index contributed by atoms with van der Waals surface area (Å²) in [4.78, 5) is 12.3. The lowest BCUT2D eigenvalue weighted by atomic mass is 10.2. The van der Waals surface area contributed by atoms with E-state index < -0.39 is 15.3 Å². The third kappa shape index (κ3) is 6.23. The first-order chi connectivity index (χ1) is 14.2. The monoisotopic (exact) mass is 467 g/mol. The zero-order chi connectivity index (χ0) is 21.7. The van der Waals surface area contributed by atoms with Gasteiger partial charge in [-0.05, 0) is 42.8 Å². The number of halogens is 1. The number of benzene rings is 2. The lowest BCUT2D eigenvalue weighted by molar-refractivity contribution is -0.115. The van der Waals surface area contributed by atoms with E-state index in [4.69, 9.17) is 5.14 Å². The van der Waals surface area contributed by atoms with Gasteiger partial charge in [-0.1, -0.05) is 41.3 Å². The molecule has 2 aromatic carbocycles. The molecule has 1 heterocycles. The molecule has 8 nitrogen and oxygen atoms in total. The summed E-state index contributed by atoms with van der Waals surface area (Å²) in [5, 5.41) is 19.0. The van der Waals surface area contributed by atoms with Crippen molar-refractivity contribution in [3.05, 3.63) is 59.9 Å². The van der Waals surface area contributed by atoms with Crippen molar-refractivity contribution in [2.45, 2.75) is 28.0 Å². The van der Waals surface area contributed by atoms with Crippen LogP contribution in [0.1, 0.15) is 12.5 Å². The molecule has 0 saturated heterocycles. The van der Waals surface area contributed by atoms with Gasteiger partial charge in [0.1, 0.15) is 5.82 Å². The third-order valence-electron chi connectivity index (χ3n) is 3.84. The number of amides is 1. The maximum absolute atomic E-state index is 12.9. The van der Waals surface area contributed by atoms with Crippen LogP contribution >= 0.6 is 23.1 Å². The molecule has 4 N–H and O–H groups in total. The SMILES string of the molecule is CC(Sc1nnc(NCc2ccc(F)cc2)s1)C(=O)Nc1cccc(S(N)(=O)=O)c1. The van der Waals surface area contributed by atoms with Crippen LogP contribution in [0.4, 0.5) is 15.2 Å². The number of aromatic nitrogens is 2. The molecule has 0 saturated carbocycles. The molecule has 1 aromatic heterocycles. The topological polar surface area (TPSA) is 127 Å². The summed E-state index contributed by atoms with van der Waals surface area (Å²) >= 11 is 2.52. The second kappa shape index (κ2) is 9.51. The summed E-state index contributed by atoms with van der Waals surface area (Å²) < 4.78 is 36.4. The van der Waals surface area contributed by atoms with E-state index in [0.717, 1.165) is 5.56 Å². The van der Waals surface area contributed by atoms with Crippen LogP contribution in [-0.4, -0.2) is 29.8 Å². The highest BCUT2D eigenvalue weighted by molar-refractivity contribution is 8.02. The number of anilines is 2. The molecule has 3 rings (SSSR count). The Kier molecular flexibility index (Phi) is 7.02. The summed E-state index contributed by atoms with van der Waals surface area (Å²) in [6.45, 7) is 2.17. The Labute approximate surface area is 181 Å². The molecule has 3 aromatic rings. The van der Waals surface area contributed by atoms with Crippen LogP contribution in [0.15, 0.2) is 57.8 Å². The van der Waals surface area contributed by atoms with E-state index in [-0.39, 0.29) is 16.6 Å². The van der Waals surface area contributed by atoms with Gasteiger partial charge in [0.25, 0.3) is 0 Å². The molecule has 0 fully saturated rings. The van der Waals surface area contributed by atoms with Gasteiger partial charge in [-0.2, -0.15) is 0 Å². The van der Waals surface area contributed by atoms with Crippen molar-refractivity contribution in [1.82, 2.24) is 10.2 Å². The molecule has 30 heavy (non-hydrogen) atoms. The van der Waals surface area contributed by atoms with Crippen molar-refractivity contribution in [2.75, 3.05) is 10.6 Å². The summed E-state index contributed by atoms with van der Waals surface area (Å²) in [6, 6.07) is 11.8. The molecule has 0 aliphatic rings. The lowest BCUT2D eigenvalue weighted by Gasteiger charge is -2.11. The minimum Gasteiger partial charge on any atom is -0.356 e. The lowest BCUT2D eigenvalue weighted by Crippen LogP contribution is -2.22. The number of thioether (sulfide) groups is 1. The minimum atomic E-state index is -3.85. The van der Waals surface area contributed by atoms with Crippen LogP contribution in [0.2, 0.25) is 0 Å². The predicted molar refractivity (Wildman–Crippen MR) is 115 cm³/mol. The number of nitrogens with two attached hydrogens (primary N) is 1. The zero-order valence-electron chi connectivity index (χ0n) is 15.7. The number of sulfonamides is 1. The molecule has 0 radical (unpaired) electrons. The van der Waals surface area contributed by atoms with E-state index in [0.29, 0.717) is 21.7 Å². The standard InChI is InChI=1S/C18H18FN5O3S3/c1-11(16(25)22-14-3-2-4-15(9-14)30(20,26)27)28-18-24-23-17(29-18)21-10-12-5-7-13(19)8-6-12/h2-9,11H,10H2,1H3,(H,21,23)(H,22,25)(H2,20,26,27). The van der Waals surface area contributed by atoms with Crippen molar-refractivity contribution in [3.8, 4) is 0 Å². The molecule has 0 aliphatic carbocycles. The Morgan fingerprint density at radius 1 is 1.23 bits per heavy atom. The zero-order valence-corrected chi connectivity index (χ0v) is 18.2. The first kappa shape index (κ1) is 22.2. The molecular weight excluding hydrogens is 449 g/mol. The average Bonchev–Trinajstić information content (AvgIpc) is 3.14. The first-order valence-corrected chi connectivity index (χ1v) is 11.9. The Hall–Kier alpha value is -2.54. The van der Waals surface area contributed by atoms with Crippen molar-refractivity contribution in [3.63, 3.8) is 0 Å². The number of hydrogen-bond acceptors (Lipinski definition) is 8. The minimum absolute atomic E-state index is 0.0819. The number of primary sulfonamides is 1. The summed E-state index contributed by atoms with van der Waals surface area (Å²) in [7, 11) is -3.85. The first-order valence-electron chi connectivity index (χ1n) is 8.63. The normalized spacial score (nSPS) is 12.4. The second-order valence-corrected chi connectivity index (χ2v) is 10.3. The van der Waals surface area contributed by atoms with Crippen molar-refractivity contribution in [2.24, 2.45) is 5.14 Å². The molecule has 0 bridgehead atoms. The van der Waals surface area contributed by atoms with Crippen LogP contribution in [0, 0.1) is 5.82 Å². The van der Waals surface area contributed by atoms with Gasteiger partial charge in [0, 0.05) is 12.2 Å². The Morgan fingerprint density at radius 3 is 2.67 bits per heavy atom. The number of hydrogen-bond donors (Lipinski definition) is 3. The predicted octanol–water partition coefficient (Wildman–Crippen LogP) is 3.06. The largest absolute Gasteiger partial charge is 0.356 e. The van der Waals surface area contributed by atoms with Gasteiger partial charge in [-0.25, -0.2) is 17.9 Å². The van der Waals surface area contributed by atoms with E-state index in [2.05, 4.69) is 20.8 Å². The number of nitrogens with one attached hydrogen (secondary N) is 2. The van der Waals surface area contributed by atoms with Crippen molar-refractivity contribution in [1.29, 1.82) is 0 Å².